The summed E-state index contributed by atoms with van der Waals surface area (Å²) in [5, 5.41) is 0. The molecular weight excluding hydrogens is 418 g/mol. The molecule has 4 aromatic carbocycles. The SMILES string of the molecule is CC1(C)c2ccccc2-c2c1ccc1nc3n(c4cccc5c4n3c3nc4ccccc4n53)c21. The summed E-state index contributed by atoms with van der Waals surface area (Å²) in [5.41, 5.74) is 13.2. The van der Waals surface area contributed by atoms with Gasteiger partial charge in [0.1, 0.15) is 5.52 Å². The Morgan fingerprint density at radius 1 is 0.559 bits per heavy atom. The van der Waals surface area contributed by atoms with E-state index in [0.29, 0.717) is 0 Å². The normalized spacial score (nSPS) is 15.0. The van der Waals surface area contributed by atoms with Crippen molar-refractivity contribution in [2.45, 2.75) is 19.3 Å². The average Bonchev–Trinajstić information content (AvgIpc) is 3.60. The zero-order valence-corrected chi connectivity index (χ0v) is 18.7. The molecule has 34 heavy (non-hydrogen) atoms. The highest BCUT2D eigenvalue weighted by atomic mass is 15.3. The van der Waals surface area contributed by atoms with E-state index in [1.54, 1.807) is 0 Å². The largest absolute Gasteiger partial charge is 0.276 e. The predicted molar refractivity (Wildman–Crippen MR) is 136 cm³/mol. The third-order valence-corrected chi connectivity index (χ3v) is 7.99. The van der Waals surface area contributed by atoms with Crippen molar-refractivity contribution in [3.05, 3.63) is 90.0 Å². The molecule has 0 atom stereocenters. The Balaban J connectivity index is 1.57. The van der Waals surface area contributed by atoms with E-state index < -0.39 is 0 Å². The Hall–Kier alpha value is -4.38. The topological polar surface area (TPSA) is 39.0 Å². The second kappa shape index (κ2) is 5.23. The molecule has 0 saturated heterocycles. The highest BCUT2D eigenvalue weighted by Gasteiger charge is 2.37. The Morgan fingerprint density at radius 3 is 2.18 bits per heavy atom. The van der Waals surface area contributed by atoms with Gasteiger partial charge in [-0.3, -0.25) is 8.80 Å². The van der Waals surface area contributed by atoms with Gasteiger partial charge < -0.3 is 0 Å². The molecule has 0 bridgehead atoms. The van der Waals surface area contributed by atoms with E-state index in [1.165, 1.54) is 38.8 Å². The van der Waals surface area contributed by atoms with Crippen LogP contribution in [0.1, 0.15) is 25.0 Å². The van der Waals surface area contributed by atoms with E-state index >= 15 is 0 Å². The molecule has 0 radical (unpaired) electrons. The van der Waals surface area contributed by atoms with Crippen molar-refractivity contribution in [1.29, 1.82) is 0 Å². The number of hydrogen-bond acceptors (Lipinski definition) is 2. The van der Waals surface area contributed by atoms with Gasteiger partial charge in [0.25, 0.3) is 0 Å². The van der Waals surface area contributed by atoms with Gasteiger partial charge in [0, 0.05) is 11.0 Å². The zero-order valence-electron chi connectivity index (χ0n) is 18.7. The molecule has 0 unspecified atom stereocenters. The quantitative estimate of drug-likeness (QED) is 0.274. The Bertz CT molecular complexity index is 2150. The van der Waals surface area contributed by atoms with Gasteiger partial charge in [-0.2, -0.15) is 0 Å². The van der Waals surface area contributed by atoms with Gasteiger partial charge in [0.15, 0.2) is 0 Å². The maximum absolute atomic E-state index is 5.20. The third kappa shape index (κ3) is 1.66. The molecular formula is C29H19N5. The summed E-state index contributed by atoms with van der Waals surface area (Å²) in [7, 11) is 0. The van der Waals surface area contributed by atoms with Crippen molar-refractivity contribution < 1.29 is 0 Å². The van der Waals surface area contributed by atoms with E-state index in [0.717, 1.165) is 33.6 Å². The summed E-state index contributed by atoms with van der Waals surface area (Å²) in [4.78, 5) is 10.2. The first-order valence-corrected chi connectivity index (χ1v) is 11.7. The van der Waals surface area contributed by atoms with Crippen molar-refractivity contribution in [2.75, 3.05) is 0 Å². The first-order valence-electron chi connectivity index (χ1n) is 11.7. The van der Waals surface area contributed by atoms with Crippen LogP contribution >= 0.6 is 0 Å². The van der Waals surface area contributed by atoms with E-state index in [2.05, 4.69) is 99.8 Å². The van der Waals surface area contributed by atoms with Crippen LogP contribution in [0.4, 0.5) is 0 Å². The van der Waals surface area contributed by atoms with E-state index in [-0.39, 0.29) is 5.41 Å². The van der Waals surface area contributed by atoms with Crippen LogP contribution in [-0.4, -0.2) is 23.2 Å². The minimum Gasteiger partial charge on any atom is -0.276 e. The number of fused-ring (bicyclic) bond motifs is 14. The van der Waals surface area contributed by atoms with Gasteiger partial charge in [-0.15, -0.1) is 0 Å². The van der Waals surface area contributed by atoms with Crippen LogP contribution in [-0.2, 0) is 5.41 Å². The fraction of sp³-hybridized carbons (Fsp3) is 0.103. The predicted octanol–water partition coefficient (Wildman–Crippen LogP) is 6.44. The van der Waals surface area contributed by atoms with Crippen molar-refractivity contribution in [2.24, 2.45) is 0 Å². The van der Waals surface area contributed by atoms with Gasteiger partial charge >= 0.3 is 0 Å². The van der Waals surface area contributed by atoms with Crippen LogP contribution in [0, 0.1) is 0 Å². The molecule has 160 valence electrons. The fourth-order valence-corrected chi connectivity index (χ4v) is 6.52. The highest BCUT2D eigenvalue weighted by Crippen LogP contribution is 2.51. The molecule has 0 aliphatic heterocycles. The first-order chi connectivity index (χ1) is 16.6. The van der Waals surface area contributed by atoms with Crippen LogP contribution in [0.25, 0.3) is 61.3 Å². The van der Waals surface area contributed by atoms with Crippen LogP contribution in [0.3, 0.4) is 0 Å². The first kappa shape index (κ1) is 17.1. The maximum atomic E-state index is 5.20. The molecule has 0 spiro atoms. The van der Waals surface area contributed by atoms with Crippen molar-refractivity contribution in [3.63, 3.8) is 0 Å². The lowest BCUT2D eigenvalue weighted by Crippen LogP contribution is -2.14. The van der Waals surface area contributed by atoms with Crippen LogP contribution in [0.15, 0.2) is 78.9 Å². The second-order valence-electron chi connectivity index (χ2n) is 9.99. The average molecular weight is 438 g/mol. The summed E-state index contributed by atoms with van der Waals surface area (Å²) in [5.74, 6) is 1.83. The summed E-state index contributed by atoms with van der Waals surface area (Å²) in [6.45, 7) is 4.66. The molecule has 0 amide bonds. The van der Waals surface area contributed by atoms with Crippen molar-refractivity contribution >= 4 is 50.2 Å². The number of imidazole rings is 4. The summed E-state index contributed by atoms with van der Waals surface area (Å²) in [6.07, 6.45) is 0. The summed E-state index contributed by atoms with van der Waals surface area (Å²) < 4.78 is 6.86. The Kier molecular flexibility index (Phi) is 2.64. The van der Waals surface area contributed by atoms with Gasteiger partial charge in [0.05, 0.1) is 33.1 Å². The van der Waals surface area contributed by atoms with E-state index in [4.69, 9.17) is 9.97 Å². The van der Waals surface area contributed by atoms with E-state index in [9.17, 15) is 0 Å². The molecule has 4 aromatic heterocycles. The number of para-hydroxylation sites is 3. The molecule has 1 aliphatic carbocycles. The number of aromatic nitrogens is 5. The molecule has 5 heteroatoms. The fourth-order valence-electron chi connectivity index (χ4n) is 6.52. The molecule has 1 aliphatic rings. The number of nitrogens with zero attached hydrogens (tertiary/aromatic N) is 5. The summed E-state index contributed by atoms with van der Waals surface area (Å²) >= 11 is 0. The highest BCUT2D eigenvalue weighted by molar-refractivity contribution is 6.07. The van der Waals surface area contributed by atoms with Gasteiger partial charge in [-0.25, -0.2) is 14.4 Å². The smallest absolute Gasteiger partial charge is 0.223 e. The molecule has 8 aromatic rings. The van der Waals surface area contributed by atoms with Crippen molar-refractivity contribution in [1.82, 2.24) is 23.2 Å². The van der Waals surface area contributed by atoms with Gasteiger partial charge in [0.2, 0.25) is 11.6 Å². The van der Waals surface area contributed by atoms with Crippen LogP contribution in [0.2, 0.25) is 0 Å². The molecule has 0 N–H and O–H groups in total. The van der Waals surface area contributed by atoms with Gasteiger partial charge in [-0.05, 0) is 47.0 Å². The van der Waals surface area contributed by atoms with Crippen molar-refractivity contribution in [3.8, 4) is 11.1 Å². The summed E-state index contributed by atoms with van der Waals surface area (Å²) in [6, 6.07) is 28.2. The number of rotatable bonds is 0. The molecule has 0 fully saturated rings. The lowest BCUT2D eigenvalue weighted by Gasteiger charge is -2.21. The standard InChI is InChI=1S/C29H19N5/c1-29(2)17-9-4-3-8-16(17)24-18(29)14-15-20-25(24)33-23-13-7-12-22-26(23)34(28(33)31-20)27-30-19-10-5-6-11-21(19)32(22)27/h3-15H,1-2H3. The number of hydrogen-bond donors (Lipinski definition) is 0. The molecule has 5 nitrogen and oxygen atoms in total. The van der Waals surface area contributed by atoms with Crippen LogP contribution in [0.5, 0.6) is 0 Å². The zero-order chi connectivity index (χ0) is 22.3. The Morgan fingerprint density at radius 2 is 1.26 bits per heavy atom. The lowest BCUT2D eigenvalue weighted by molar-refractivity contribution is 0.661. The third-order valence-electron chi connectivity index (χ3n) is 7.99. The minimum absolute atomic E-state index is 0.0428. The molecule has 4 heterocycles. The Labute approximate surface area is 193 Å². The minimum atomic E-state index is -0.0428. The number of benzene rings is 4. The molecule has 9 rings (SSSR count). The van der Waals surface area contributed by atoms with Gasteiger partial charge in [-0.1, -0.05) is 62.4 Å². The van der Waals surface area contributed by atoms with Crippen LogP contribution < -0.4 is 0 Å². The molecule has 0 saturated carbocycles. The maximum Gasteiger partial charge on any atom is 0.223 e. The second-order valence-corrected chi connectivity index (χ2v) is 9.99. The monoisotopic (exact) mass is 437 g/mol. The lowest BCUT2D eigenvalue weighted by atomic mass is 9.82. The van der Waals surface area contributed by atoms with E-state index in [1.807, 2.05) is 6.07 Å².